The maximum Gasteiger partial charge on any atom is 0.414 e. The van der Waals surface area contributed by atoms with Crippen molar-refractivity contribution in [2.24, 2.45) is 0 Å². The number of ether oxygens (including phenoxy) is 3. The zero-order chi connectivity index (χ0) is 27.5. The maximum atomic E-state index is 15.0. The van der Waals surface area contributed by atoms with Crippen LogP contribution in [0, 0.1) is 11.6 Å². The smallest absolute Gasteiger partial charge is 0.414 e. The molecule has 0 saturated carbocycles. The summed E-state index contributed by atoms with van der Waals surface area (Å²) >= 11 is 0. The molecule has 1 atom stereocenters. The summed E-state index contributed by atoms with van der Waals surface area (Å²) in [6.45, 7) is 7.79. The van der Waals surface area contributed by atoms with Gasteiger partial charge in [-0.15, -0.1) is 0 Å². The van der Waals surface area contributed by atoms with E-state index in [0.717, 1.165) is 29.9 Å². The van der Waals surface area contributed by atoms with Gasteiger partial charge in [-0.25, -0.2) is 13.6 Å². The van der Waals surface area contributed by atoms with Crippen LogP contribution in [0.5, 0.6) is 5.88 Å². The van der Waals surface area contributed by atoms with Gasteiger partial charge >= 0.3 is 6.09 Å². The topological polar surface area (TPSA) is 94.3 Å². The minimum Gasteiger partial charge on any atom is -0.471 e. The predicted molar refractivity (Wildman–Crippen MR) is 137 cm³/mol. The fourth-order valence-corrected chi connectivity index (χ4v) is 4.08. The number of cyclic esters (lactones) is 1. The molecule has 1 aromatic heterocycles. The van der Waals surface area contributed by atoms with Gasteiger partial charge in [0.25, 0.3) is 5.88 Å². The van der Waals surface area contributed by atoms with E-state index in [1.807, 2.05) is 13.8 Å². The lowest BCUT2D eigenvalue weighted by Gasteiger charge is -2.27. The van der Waals surface area contributed by atoms with Crippen LogP contribution >= 0.6 is 0 Å². The van der Waals surface area contributed by atoms with E-state index in [4.69, 9.17) is 14.2 Å². The van der Waals surface area contributed by atoms with E-state index in [9.17, 15) is 9.59 Å². The highest BCUT2D eigenvalue weighted by Gasteiger charge is 2.34. The van der Waals surface area contributed by atoms with Crippen molar-refractivity contribution in [2.45, 2.75) is 52.6 Å². The molecule has 2 aromatic rings. The van der Waals surface area contributed by atoms with Crippen molar-refractivity contribution < 1.29 is 37.1 Å². The Labute approximate surface area is 221 Å². The molecule has 4 rings (SSSR count). The van der Waals surface area contributed by atoms with Gasteiger partial charge in [-0.3, -0.25) is 9.69 Å². The normalized spacial score (nSPS) is 17.0. The molecule has 1 saturated heterocycles. The van der Waals surface area contributed by atoms with E-state index >= 15 is 8.78 Å². The van der Waals surface area contributed by atoms with Crippen LogP contribution in [0.2, 0.25) is 0 Å². The predicted octanol–water partition coefficient (Wildman–Crippen LogP) is 5.21. The highest BCUT2D eigenvalue weighted by atomic mass is 19.1. The maximum absolute atomic E-state index is 15.0. The van der Waals surface area contributed by atoms with Gasteiger partial charge in [0, 0.05) is 31.3 Å². The van der Waals surface area contributed by atoms with E-state index in [-0.39, 0.29) is 49.2 Å². The van der Waals surface area contributed by atoms with Gasteiger partial charge in [-0.05, 0) is 35.7 Å². The number of aromatic nitrogens is 1. The number of nitrogens with zero attached hydrogens (tertiary/aromatic N) is 3. The van der Waals surface area contributed by atoms with Crippen molar-refractivity contribution in [3.8, 4) is 5.88 Å². The van der Waals surface area contributed by atoms with Crippen LogP contribution in [-0.4, -0.2) is 67.6 Å². The number of hydrogen-bond acceptors (Lipinski definition) is 7. The molecule has 9 nitrogen and oxygen atoms in total. The third-order valence-electron chi connectivity index (χ3n) is 6.03. The van der Waals surface area contributed by atoms with Crippen LogP contribution in [0.3, 0.4) is 0 Å². The molecule has 1 aromatic carbocycles. The zero-order valence-electron chi connectivity index (χ0n) is 22.1. The van der Waals surface area contributed by atoms with E-state index in [0.29, 0.717) is 31.8 Å². The number of benzene rings is 1. The monoisotopic (exact) mass is 535 g/mol. The highest BCUT2D eigenvalue weighted by molar-refractivity contribution is 5.90. The molecule has 1 unspecified atom stereocenters. The van der Waals surface area contributed by atoms with Crippen molar-refractivity contribution in [3.05, 3.63) is 47.7 Å². The first-order valence-corrected chi connectivity index (χ1v) is 13.0. The Morgan fingerprint density at radius 2 is 1.97 bits per heavy atom. The van der Waals surface area contributed by atoms with Gasteiger partial charge in [0.05, 0.1) is 25.3 Å². The fraction of sp³-hybridized carbons (Fsp3) is 0.519. The third kappa shape index (κ3) is 7.53. The average molecular weight is 536 g/mol. The molecule has 0 aliphatic carbocycles. The van der Waals surface area contributed by atoms with Crippen LogP contribution in [0.15, 0.2) is 35.1 Å². The standard InChI is InChI=1S/C25H29F2N3O6.C2H6/c1-2-3-10-33-11-7-23(31)29-8-4-17(5-9-29)24-20(26)13-18(14-21(24)27)30-15-19(36-25(30)32)16-34-22-6-12-35-28-22;1-2/h4,6,12-14,19H,2-3,5,7-11,15-16H2,1H3;1-2H3. The van der Waals surface area contributed by atoms with Crippen LogP contribution < -0.4 is 9.64 Å². The summed E-state index contributed by atoms with van der Waals surface area (Å²) in [4.78, 5) is 27.5. The van der Waals surface area contributed by atoms with Crippen molar-refractivity contribution in [1.29, 1.82) is 0 Å². The molecule has 38 heavy (non-hydrogen) atoms. The van der Waals surface area contributed by atoms with Crippen molar-refractivity contribution in [2.75, 3.05) is 44.4 Å². The number of rotatable bonds is 11. The van der Waals surface area contributed by atoms with Crippen LogP contribution in [-0.2, 0) is 14.3 Å². The molecule has 0 bridgehead atoms. The first-order chi connectivity index (χ1) is 18.5. The number of carbonyl (C=O) groups is 2. The summed E-state index contributed by atoms with van der Waals surface area (Å²) in [7, 11) is 0. The Bertz CT molecular complexity index is 1070. The molecule has 1 fully saturated rings. The number of carbonyl (C=O) groups excluding carboxylic acids is 2. The van der Waals surface area contributed by atoms with Gasteiger partial charge in [-0.2, -0.15) is 0 Å². The third-order valence-corrected chi connectivity index (χ3v) is 6.03. The van der Waals surface area contributed by atoms with E-state index < -0.39 is 23.8 Å². The van der Waals surface area contributed by atoms with Gasteiger partial charge in [-0.1, -0.05) is 33.3 Å². The molecule has 2 aliphatic rings. The molecule has 2 amide bonds. The molecule has 0 radical (unpaired) electrons. The van der Waals surface area contributed by atoms with Crippen LogP contribution in [0.25, 0.3) is 5.57 Å². The summed E-state index contributed by atoms with van der Waals surface area (Å²) in [6, 6.07) is 3.75. The second-order valence-corrected chi connectivity index (χ2v) is 8.58. The van der Waals surface area contributed by atoms with E-state index in [2.05, 4.69) is 16.6 Å². The van der Waals surface area contributed by atoms with Crippen molar-refractivity contribution in [3.63, 3.8) is 0 Å². The molecule has 11 heteroatoms. The summed E-state index contributed by atoms with van der Waals surface area (Å²) in [5, 5.41) is 3.60. The number of hydrogen-bond donors (Lipinski definition) is 0. The largest absolute Gasteiger partial charge is 0.471 e. The second-order valence-electron chi connectivity index (χ2n) is 8.58. The van der Waals surface area contributed by atoms with Gasteiger partial charge in [0.15, 0.2) is 6.10 Å². The minimum atomic E-state index is -0.782. The fourth-order valence-electron chi connectivity index (χ4n) is 4.08. The Balaban J connectivity index is 0.00000195. The molecular weight excluding hydrogens is 500 g/mol. The van der Waals surface area contributed by atoms with E-state index in [1.54, 1.807) is 11.0 Å². The number of halogens is 2. The highest BCUT2D eigenvalue weighted by Crippen LogP contribution is 2.32. The lowest BCUT2D eigenvalue weighted by Crippen LogP contribution is -2.35. The zero-order valence-corrected chi connectivity index (χ0v) is 22.1. The van der Waals surface area contributed by atoms with E-state index in [1.165, 1.54) is 12.3 Å². The molecule has 2 aliphatic heterocycles. The Hall–Kier alpha value is -3.47. The van der Waals surface area contributed by atoms with Gasteiger partial charge in [0.1, 0.15) is 24.5 Å². The molecule has 0 N–H and O–H groups in total. The van der Waals surface area contributed by atoms with Crippen molar-refractivity contribution >= 4 is 23.3 Å². The van der Waals surface area contributed by atoms with Crippen LogP contribution in [0.1, 0.15) is 52.0 Å². The molecular formula is C27H35F2N3O6. The lowest BCUT2D eigenvalue weighted by molar-refractivity contribution is -0.131. The summed E-state index contributed by atoms with van der Waals surface area (Å²) in [6.07, 6.45) is 4.24. The minimum absolute atomic E-state index is 0.0186. The second kappa shape index (κ2) is 14.5. The first-order valence-electron chi connectivity index (χ1n) is 13.0. The van der Waals surface area contributed by atoms with Gasteiger partial charge in [0.2, 0.25) is 5.91 Å². The molecule has 208 valence electrons. The lowest BCUT2D eigenvalue weighted by atomic mass is 9.97. The SMILES string of the molecule is CC.CCCCOCCC(=O)N1CC=C(c2c(F)cc(N3CC(COc4ccon4)OC3=O)cc2F)CC1. The Morgan fingerprint density at radius 1 is 1.21 bits per heavy atom. The molecule has 0 spiro atoms. The van der Waals surface area contributed by atoms with Gasteiger partial charge < -0.3 is 23.6 Å². The van der Waals surface area contributed by atoms with Crippen molar-refractivity contribution in [1.82, 2.24) is 10.1 Å². The molecule has 3 heterocycles. The number of anilines is 1. The quantitative estimate of drug-likeness (QED) is 0.365. The summed E-state index contributed by atoms with van der Waals surface area (Å²) in [5.41, 5.74) is 0.397. The number of amides is 2. The Kier molecular flexibility index (Phi) is 11.1. The first kappa shape index (κ1) is 29.1. The Morgan fingerprint density at radius 3 is 2.61 bits per heavy atom. The summed E-state index contributed by atoms with van der Waals surface area (Å²) < 4.78 is 50.8. The van der Waals surface area contributed by atoms with Crippen LogP contribution in [0.4, 0.5) is 19.3 Å². The average Bonchev–Trinajstić information content (AvgIpc) is 3.58. The summed E-state index contributed by atoms with van der Waals surface area (Å²) in [5.74, 6) is -1.37. The number of unbranched alkanes of at least 4 members (excludes halogenated alkanes) is 1.